The van der Waals surface area contributed by atoms with Crippen LogP contribution < -0.4 is 5.32 Å². The van der Waals surface area contributed by atoms with Gasteiger partial charge < -0.3 is 4.74 Å². The van der Waals surface area contributed by atoms with E-state index in [-0.39, 0.29) is 5.97 Å². The van der Waals surface area contributed by atoms with Gasteiger partial charge in [-0.1, -0.05) is 24.3 Å². The number of ether oxygens (including phenoxy) is 1. The molecule has 0 saturated heterocycles. The van der Waals surface area contributed by atoms with Gasteiger partial charge in [-0.15, -0.1) is 0 Å². The molecule has 0 spiro atoms. The van der Waals surface area contributed by atoms with Gasteiger partial charge in [-0.25, -0.2) is 0 Å². The number of esters is 1. The van der Waals surface area contributed by atoms with Crippen molar-refractivity contribution in [1.29, 1.82) is 0 Å². The Hall–Kier alpha value is -1.35. The van der Waals surface area contributed by atoms with E-state index in [4.69, 9.17) is 4.74 Å². The van der Waals surface area contributed by atoms with Crippen LogP contribution in [0.2, 0.25) is 0 Å². The average molecular weight is 245 g/mol. The van der Waals surface area contributed by atoms with Gasteiger partial charge in [0.25, 0.3) is 0 Å². The molecule has 0 aromatic heterocycles. The lowest BCUT2D eigenvalue weighted by Crippen LogP contribution is -2.34. The van der Waals surface area contributed by atoms with Crippen LogP contribution in [0.25, 0.3) is 0 Å². The van der Waals surface area contributed by atoms with Crippen molar-refractivity contribution in [1.82, 2.24) is 5.32 Å². The number of rotatable bonds is 3. The highest BCUT2D eigenvalue weighted by Crippen LogP contribution is 2.50. The van der Waals surface area contributed by atoms with Crippen LogP contribution in [0.3, 0.4) is 0 Å². The number of hydrogen-bond acceptors (Lipinski definition) is 3. The van der Waals surface area contributed by atoms with E-state index < -0.39 is 0 Å². The Morgan fingerprint density at radius 2 is 2.11 bits per heavy atom. The molecule has 1 N–H and O–H groups in total. The molecule has 3 nitrogen and oxygen atoms in total. The zero-order chi connectivity index (χ0) is 12.5. The third-order valence-corrected chi connectivity index (χ3v) is 4.41. The molecule has 2 aliphatic carbocycles. The summed E-state index contributed by atoms with van der Waals surface area (Å²) in [6.45, 7) is 0.302. The van der Waals surface area contributed by atoms with Crippen molar-refractivity contribution in [3.8, 4) is 0 Å². The second-order valence-electron chi connectivity index (χ2n) is 5.33. The third-order valence-electron chi connectivity index (χ3n) is 4.41. The Labute approximate surface area is 108 Å². The Morgan fingerprint density at radius 3 is 2.89 bits per heavy atom. The number of benzene rings is 1. The molecule has 1 aromatic carbocycles. The fourth-order valence-electron chi connectivity index (χ4n) is 3.56. The molecule has 1 aromatic rings. The van der Waals surface area contributed by atoms with Gasteiger partial charge in [-0.2, -0.15) is 0 Å². The average Bonchev–Trinajstić information content (AvgIpc) is 2.84. The Bertz CT molecular complexity index is 458. The van der Waals surface area contributed by atoms with Crippen molar-refractivity contribution < 1.29 is 9.53 Å². The zero-order valence-electron chi connectivity index (χ0n) is 10.7. The fourth-order valence-corrected chi connectivity index (χ4v) is 3.56. The number of fused-ring (bicyclic) bond motifs is 4. The molecule has 96 valence electrons. The van der Waals surface area contributed by atoms with E-state index in [0.717, 1.165) is 5.92 Å². The number of methoxy groups -OCH3 is 1. The van der Waals surface area contributed by atoms with Gasteiger partial charge in [0.05, 0.1) is 13.7 Å². The second-order valence-corrected chi connectivity index (χ2v) is 5.33. The van der Waals surface area contributed by atoms with E-state index in [0.29, 0.717) is 18.5 Å². The first-order valence-electron chi connectivity index (χ1n) is 6.68. The largest absolute Gasteiger partial charge is 0.468 e. The Balaban J connectivity index is 1.83. The summed E-state index contributed by atoms with van der Waals surface area (Å²) in [7, 11) is 1.43. The van der Waals surface area contributed by atoms with E-state index in [9.17, 15) is 4.79 Å². The summed E-state index contributed by atoms with van der Waals surface area (Å²) in [5, 5.41) is 3.38. The van der Waals surface area contributed by atoms with Gasteiger partial charge >= 0.3 is 5.97 Å². The third kappa shape index (κ3) is 1.93. The molecule has 0 radical (unpaired) electrons. The van der Waals surface area contributed by atoms with Gasteiger partial charge in [0.1, 0.15) is 0 Å². The van der Waals surface area contributed by atoms with E-state index in [1.165, 1.54) is 37.5 Å². The lowest BCUT2D eigenvalue weighted by Gasteiger charge is -2.32. The predicted octanol–water partition coefficient (Wildman–Crippen LogP) is 2.39. The standard InChI is InChI=1S/C15H19NO2/c1-18-14(17)9-16-15-11-7-6-10(8-11)12-4-2-3-5-13(12)15/h2-5,10-11,15-16H,6-9H2,1H3. The van der Waals surface area contributed by atoms with Crippen LogP contribution in [0.4, 0.5) is 0 Å². The summed E-state index contributed by atoms with van der Waals surface area (Å²) in [6, 6.07) is 8.98. The van der Waals surface area contributed by atoms with Gasteiger partial charge in [-0.3, -0.25) is 10.1 Å². The van der Waals surface area contributed by atoms with Crippen LogP contribution in [0.5, 0.6) is 0 Å². The summed E-state index contributed by atoms with van der Waals surface area (Å²) in [5.74, 6) is 1.23. The van der Waals surface area contributed by atoms with E-state index in [2.05, 4.69) is 29.6 Å². The minimum Gasteiger partial charge on any atom is -0.468 e. The number of hydrogen-bond donors (Lipinski definition) is 1. The van der Waals surface area contributed by atoms with Crippen LogP contribution in [-0.2, 0) is 9.53 Å². The number of carbonyl (C=O) groups is 1. The van der Waals surface area contributed by atoms with Crippen LogP contribution in [-0.4, -0.2) is 19.6 Å². The summed E-state index contributed by atoms with van der Waals surface area (Å²) in [5.41, 5.74) is 2.87. The Kier molecular flexibility index (Phi) is 3.08. The highest BCUT2D eigenvalue weighted by atomic mass is 16.5. The minimum absolute atomic E-state index is 0.187. The molecule has 3 rings (SSSR count). The van der Waals surface area contributed by atoms with Crippen molar-refractivity contribution in [2.75, 3.05) is 13.7 Å². The van der Waals surface area contributed by atoms with Crippen LogP contribution in [0.15, 0.2) is 24.3 Å². The molecule has 2 bridgehead atoms. The molecule has 3 atom stereocenters. The molecule has 0 aliphatic heterocycles. The number of carbonyl (C=O) groups excluding carboxylic acids is 1. The highest BCUT2D eigenvalue weighted by molar-refractivity contribution is 5.71. The van der Waals surface area contributed by atoms with Crippen LogP contribution in [0.1, 0.15) is 42.3 Å². The molecular formula is C15H19NO2. The Morgan fingerprint density at radius 1 is 1.33 bits per heavy atom. The SMILES string of the molecule is COC(=O)CNC1c2ccccc2C2CCC1C2. The van der Waals surface area contributed by atoms with E-state index in [1.54, 1.807) is 0 Å². The zero-order valence-corrected chi connectivity index (χ0v) is 10.7. The summed E-state index contributed by atoms with van der Waals surface area (Å²) < 4.78 is 4.71. The maximum absolute atomic E-state index is 11.3. The molecule has 2 aliphatic rings. The molecule has 0 heterocycles. The summed E-state index contributed by atoms with van der Waals surface area (Å²) in [6.07, 6.45) is 3.81. The fraction of sp³-hybridized carbons (Fsp3) is 0.533. The molecule has 1 fully saturated rings. The van der Waals surface area contributed by atoms with Crippen molar-refractivity contribution >= 4 is 5.97 Å². The van der Waals surface area contributed by atoms with Crippen LogP contribution in [0, 0.1) is 5.92 Å². The molecular weight excluding hydrogens is 226 g/mol. The van der Waals surface area contributed by atoms with Crippen LogP contribution >= 0.6 is 0 Å². The first-order valence-corrected chi connectivity index (χ1v) is 6.68. The lowest BCUT2D eigenvalue weighted by atomic mass is 9.79. The quantitative estimate of drug-likeness (QED) is 0.831. The predicted molar refractivity (Wildman–Crippen MR) is 69.3 cm³/mol. The van der Waals surface area contributed by atoms with Gasteiger partial charge in [-0.05, 0) is 42.2 Å². The van der Waals surface area contributed by atoms with Gasteiger partial charge in [0.15, 0.2) is 0 Å². The monoisotopic (exact) mass is 245 g/mol. The lowest BCUT2D eigenvalue weighted by molar-refractivity contribution is -0.139. The van der Waals surface area contributed by atoms with E-state index in [1.807, 2.05) is 0 Å². The molecule has 18 heavy (non-hydrogen) atoms. The van der Waals surface area contributed by atoms with Crippen molar-refractivity contribution in [3.05, 3.63) is 35.4 Å². The maximum Gasteiger partial charge on any atom is 0.319 e. The maximum atomic E-state index is 11.3. The van der Waals surface area contributed by atoms with Gasteiger partial charge in [0, 0.05) is 6.04 Å². The molecule has 3 heteroatoms. The second kappa shape index (κ2) is 4.73. The number of nitrogens with one attached hydrogen (secondary N) is 1. The molecule has 0 amide bonds. The highest BCUT2D eigenvalue weighted by Gasteiger charge is 2.39. The molecule has 3 unspecified atom stereocenters. The van der Waals surface area contributed by atoms with Crippen molar-refractivity contribution in [2.45, 2.75) is 31.2 Å². The first-order chi connectivity index (χ1) is 8.79. The van der Waals surface area contributed by atoms with E-state index >= 15 is 0 Å². The summed E-state index contributed by atoms with van der Waals surface area (Å²) in [4.78, 5) is 11.3. The molecule has 1 saturated carbocycles. The topological polar surface area (TPSA) is 38.3 Å². The minimum atomic E-state index is -0.187. The van der Waals surface area contributed by atoms with Crippen molar-refractivity contribution in [3.63, 3.8) is 0 Å². The smallest absolute Gasteiger partial charge is 0.319 e. The normalized spacial score (nSPS) is 28.8. The summed E-state index contributed by atoms with van der Waals surface area (Å²) >= 11 is 0. The van der Waals surface area contributed by atoms with Crippen molar-refractivity contribution in [2.24, 2.45) is 5.92 Å². The van der Waals surface area contributed by atoms with Gasteiger partial charge in [0.2, 0.25) is 0 Å². The first kappa shape index (κ1) is 11.7.